The van der Waals surface area contributed by atoms with Gasteiger partial charge in [-0.2, -0.15) is 5.10 Å². The topological polar surface area (TPSA) is 88.8 Å². The van der Waals surface area contributed by atoms with Gasteiger partial charge in [0, 0.05) is 44.5 Å². The molecule has 0 spiro atoms. The van der Waals surface area contributed by atoms with Crippen molar-refractivity contribution in [2.24, 2.45) is 0 Å². The standard InChI is InChI=1S/C20H23N7O2/c28-20(17-12-21-5-6-22-17)26-7-1-2-15(13-26)19-23-18-4-3-16(14-27(18)24-19)25-8-10-29-11-9-25/h3-6,12,14-15H,1-2,7-11,13H2/t15-/m1/s1. The average Bonchev–Trinajstić information content (AvgIpc) is 3.23. The first-order valence-corrected chi connectivity index (χ1v) is 10.0. The van der Waals surface area contributed by atoms with Gasteiger partial charge in [0.1, 0.15) is 5.69 Å². The summed E-state index contributed by atoms with van der Waals surface area (Å²) >= 11 is 0. The van der Waals surface area contributed by atoms with Gasteiger partial charge in [0.15, 0.2) is 11.5 Å². The molecule has 29 heavy (non-hydrogen) atoms. The minimum atomic E-state index is -0.0823. The van der Waals surface area contributed by atoms with Gasteiger partial charge < -0.3 is 14.5 Å². The lowest BCUT2D eigenvalue weighted by molar-refractivity contribution is 0.0698. The number of likely N-dealkylation sites (tertiary alicyclic amines) is 1. The fraction of sp³-hybridized carbons (Fsp3) is 0.450. The molecule has 0 radical (unpaired) electrons. The van der Waals surface area contributed by atoms with Gasteiger partial charge in [-0.05, 0) is 25.0 Å². The number of carbonyl (C=O) groups is 1. The van der Waals surface area contributed by atoms with E-state index in [0.717, 1.165) is 62.8 Å². The summed E-state index contributed by atoms with van der Waals surface area (Å²) in [5, 5.41) is 4.74. The Hall–Kier alpha value is -3.07. The zero-order valence-corrected chi connectivity index (χ0v) is 16.1. The maximum absolute atomic E-state index is 12.7. The highest BCUT2D eigenvalue weighted by Gasteiger charge is 2.28. The molecule has 150 valence electrons. The summed E-state index contributed by atoms with van der Waals surface area (Å²) in [6, 6.07) is 4.09. The molecule has 5 heterocycles. The van der Waals surface area contributed by atoms with Crippen LogP contribution < -0.4 is 4.90 Å². The summed E-state index contributed by atoms with van der Waals surface area (Å²) in [4.78, 5) is 29.7. The lowest BCUT2D eigenvalue weighted by atomic mass is 9.97. The highest BCUT2D eigenvalue weighted by atomic mass is 16.5. The number of nitrogens with zero attached hydrogens (tertiary/aromatic N) is 7. The number of hydrogen-bond donors (Lipinski definition) is 0. The monoisotopic (exact) mass is 393 g/mol. The molecule has 0 N–H and O–H groups in total. The fourth-order valence-electron chi connectivity index (χ4n) is 4.01. The van der Waals surface area contributed by atoms with E-state index in [1.807, 2.05) is 21.7 Å². The van der Waals surface area contributed by atoms with Crippen molar-refractivity contribution in [3.63, 3.8) is 0 Å². The van der Waals surface area contributed by atoms with Crippen LogP contribution in [-0.2, 0) is 4.74 Å². The number of anilines is 1. The summed E-state index contributed by atoms with van der Waals surface area (Å²) in [5.41, 5.74) is 2.33. The molecule has 9 heteroatoms. The van der Waals surface area contributed by atoms with Crippen LogP contribution in [-0.4, -0.2) is 74.8 Å². The van der Waals surface area contributed by atoms with E-state index in [1.165, 1.54) is 6.20 Å². The molecule has 0 aromatic carbocycles. The number of amides is 1. The first-order chi connectivity index (χ1) is 14.3. The van der Waals surface area contributed by atoms with E-state index >= 15 is 0 Å². The summed E-state index contributed by atoms with van der Waals surface area (Å²) in [6.45, 7) is 4.59. The van der Waals surface area contributed by atoms with Gasteiger partial charge in [-0.15, -0.1) is 0 Å². The fourth-order valence-corrected chi connectivity index (χ4v) is 4.01. The van der Waals surface area contributed by atoms with E-state index in [9.17, 15) is 4.79 Å². The van der Waals surface area contributed by atoms with Gasteiger partial charge in [0.2, 0.25) is 0 Å². The van der Waals surface area contributed by atoms with Gasteiger partial charge in [-0.3, -0.25) is 9.78 Å². The van der Waals surface area contributed by atoms with Crippen molar-refractivity contribution in [3.8, 4) is 0 Å². The molecule has 9 nitrogen and oxygen atoms in total. The van der Waals surface area contributed by atoms with Crippen molar-refractivity contribution in [3.05, 3.63) is 48.4 Å². The van der Waals surface area contributed by atoms with Crippen LogP contribution in [0.4, 0.5) is 5.69 Å². The predicted molar refractivity (Wildman–Crippen MR) is 106 cm³/mol. The minimum Gasteiger partial charge on any atom is -0.378 e. The van der Waals surface area contributed by atoms with Crippen molar-refractivity contribution >= 4 is 17.2 Å². The lowest BCUT2D eigenvalue weighted by Crippen LogP contribution is -2.39. The van der Waals surface area contributed by atoms with Gasteiger partial charge in [-0.25, -0.2) is 14.5 Å². The van der Waals surface area contributed by atoms with Gasteiger partial charge >= 0.3 is 0 Å². The van der Waals surface area contributed by atoms with Crippen LogP contribution in [0.25, 0.3) is 5.65 Å². The Kier molecular flexibility index (Phi) is 4.81. The molecule has 1 atom stereocenters. The Morgan fingerprint density at radius 2 is 2.03 bits per heavy atom. The van der Waals surface area contributed by atoms with Crippen LogP contribution >= 0.6 is 0 Å². The van der Waals surface area contributed by atoms with Crippen LogP contribution in [0.2, 0.25) is 0 Å². The second-order valence-corrected chi connectivity index (χ2v) is 7.44. The van der Waals surface area contributed by atoms with E-state index < -0.39 is 0 Å². The van der Waals surface area contributed by atoms with E-state index in [2.05, 4.69) is 20.9 Å². The number of hydrogen-bond acceptors (Lipinski definition) is 7. The molecule has 3 aromatic rings. The van der Waals surface area contributed by atoms with Crippen molar-refractivity contribution in [2.75, 3.05) is 44.3 Å². The second-order valence-electron chi connectivity index (χ2n) is 7.44. The molecular formula is C20H23N7O2. The number of aromatic nitrogens is 5. The lowest BCUT2D eigenvalue weighted by Gasteiger charge is -2.31. The SMILES string of the molecule is O=C(c1cnccn1)N1CCC[C@@H](c2nc3ccc(N4CCOCC4)cn3n2)C1. The van der Waals surface area contributed by atoms with E-state index in [0.29, 0.717) is 12.2 Å². The van der Waals surface area contributed by atoms with Gasteiger partial charge in [0.05, 0.1) is 31.3 Å². The Morgan fingerprint density at radius 3 is 2.86 bits per heavy atom. The second kappa shape index (κ2) is 7.75. The van der Waals surface area contributed by atoms with Gasteiger partial charge in [-0.1, -0.05) is 0 Å². The third-order valence-electron chi connectivity index (χ3n) is 5.56. The van der Waals surface area contributed by atoms with Crippen LogP contribution in [0.15, 0.2) is 36.9 Å². The highest BCUT2D eigenvalue weighted by Crippen LogP contribution is 2.26. The third kappa shape index (κ3) is 3.65. The number of fused-ring (bicyclic) bond motifs is 1. The number of rotatable bonds is 3. The zero-order chi connectivity index (χ0) is 19.6. The molecule has 0 saturated carbocycles. The maximum atomic E-state index is 12.7. The number of piperidine rings is 1. The largest absolute Gasteiger partial charge is 0.378 e. The average molecular weight is 393 g/mol. The third-order valence-corrected chi connectivity index (χ3v) is 5.56. The molecule has 0 bridgehead atoms. The van der Waals surface area contributed by atoms with E-state index in [4.69, 9.17) is 14.8 Å². The van der Waals surface area contributed by atoms with Crippen molar-refractivity contribution in [1.82, 2.24) is 29.5 Å². The Bertz CT molecular complexity index is 1000. The van der Waals surface area contributed by atoms with Crippen LogP contribution in [0.5, 0.6) is 0 Å². The predicted octanol–water partition coefficient (Wildman–Crippen LogP) is 1.38. The normalized spacial score (nSPS) is 20.2. The first-order valence-electron chi connectivity index (χ1n) is 10.0. The molecule has 2 aliphatic heterocycles. The maximum Gasteiger partial charge on any atom is 0.274 e. The molecule has 3 aromatic heterocycles. The molecule has 1 amide bonds. The van der Waals surface area contributed by atoms with Crippen LogP contribution in [0.1, 0.15) is 35.1 Å². The molecule has 2 fully saturated rings. The van der Waals surface area contributed by atoms with E-state index in [-0.39, 0.29) is 11.8 Å². The van der Waals surface area contributed by atoms with Crippen molar-refractivity contribution in [2.45, 2.75) is 18.8 Å². The number of pyridine rings is 1. The minimum absolute atomic E-state index is 0.0823. The Balaban J connectivity index is 1.35. The summed E-state index contributed by atoms with van der Waals surface area (Å²) < 4.78 is 7.29. The molecule has 2 aliphatic rings. The zero-order valence-electron chi connectivity index (χ0n) is 16.1. The summed E-state index contributed by atoms with van der Waals surface area (Å²) in [5.74, 6) is 0.832. The van der Waals surface area contributed by atoms with Gasteiger partial charge in [0.25, 0.3) is 5.91 Å². The van der Waals surface area contributed by atoms with Crippen molar-refractivity contribution in [1.29, 1.82) is 0 Å². The molecular weight excluding hydrogens is 370 g/mol. The molecule has 5 rings (SSSR count). The summed E-state index contributed by atoms with van der Waals surface area (Å²) in [7, 11) is 0. The molecule has 2 saturated heterocycles. The first kappa shape index (κ1) is 18.0. The Morgan fingerprint density at radius 1 is 1.14 bits per heavy atom. The summed E-state index contributed by atoms with van der Waals surface area (Å²) in [6.07, 6.45) is 8.55. The quantitative estimate of drug-likeness (QED) is 0.664. The number of carbonyl (C=O) groups excluding carboxylic acids is 1. The van der Waals surface area contributed by atoms with E-state index in [1.54, 1.807) is 12.4 Å². The smallest absolute Gasteiger partial charge is 0.274 e. The van der Waals surface area contributed by atoms with Crippen molar-refractivity contribution < 1.29 is 9.53 Å². The number of ether oxygens (including phenoxy) is 1. The number of morpholine rings is 1. The molecule has 0 unspecified atom stereocenters. The highest BCUT2D eigenvalue weighted by molar-refractivity contribution is 5.92. The molecule has 0 aliphatic carbocycles. The Labute approximate surface area is 168 Å². The van der Waals surface area contributed by atoms with Crippen LogP contribution in [0.3, 0.4) is 0 Å². The van der Waals surface area contributed by atoms with Crippen LogP contribution in [0, 0.1) is 0 Å².